The zero-order valence-electron chi connectivity index (χ0n) is 15.7. The van der Waals surface area contributed by atoms with Crippen LogP contribution in [0.15, 0.2) is 22.5 Å². The second-order valence-corrected chi connectivity index (χ2v) is 10.3. The minimum absolute atomic E-state index is 0.121. The maximum atomic E-state index is 13.1. The van der Waals surface area contributed by atoms with E-state index in [1.165, 1.54) is 13.1 Å². The molecule has 6 rings (SSSR count). The number of sulfonamides is 1. The highest BCUT2D eigenvalue weighted by Gasteiger charge is 2.52. The molecule has 152 valence electrons. The van der Waals surface area contributed by atoms with Crippen LogP contribution in [0.25, 0.3) is 5.65 Å². The summed E-state index contributed by atoms with van der Waals surface area (Å²) in [5.41, 5.74) is 0.679. The Bertz CT molecular complexity index is 1210. The lowest BCUT2D eigenvalue weighted by Gasteiger charge is -2.54. The van der Waals surface area contributed by atoms with Crippen molar-refractivity contribution in [1.29, 1.82) is 0 Å². The van der Waals surface area contributed by atoms with Gasteiger partial charge >= 0.3 is 0 Å². The molecule has 13 heteroatoms. The van der Waals surface area contributed by atoms with Gasteiger partial charge in [0, 0.05) is 32.1 Å². The zero-order valence-corrected chi connectivity index (χ0v) is 17.3. The van der Waals surface area contributed by atoms with Crippen molar-refractivity contribution < 1.29 is 13.2 Å². The average molecular weight is 435 g/mol. The largest absolute Gasteiger partial charge is 0.352 e. The summed E-state index contributed by atoms with van der Waals surface area (Å²) in [7, 11) is -3.65. The van der Waals surface area contributed by atoms with Crippen molar-refractivity contribution in [3.05, 3.63) is 24.2 Å². The molecule has 2 unspecified atom stereocenters. The molecular formula is C16H18N8O3S2. The van der Waals surface area contributed by atoms with Crippen LogP contribution < -0.4 is 10.2 Å². The van der Waals surface area contributed by atoms with E-state index in [4.69, 9.17) is 0 Å². The van der Waals surface area contributed by atoms with Gasteiger partial charge in [-0.3, -0.25) is 4.79 Å². The smallest absolute Gasteiger partial charge is 0.254 e. The highest BCUT2D eigenvalue weighted by atomic mass is 32.2. The molecule has 6 heterocycles. The van der Waals surface area contributed by atoms with E-state index in [0.717, 1.165) is 23.6 Å². The number of aromatic nitrogens is 5. The number of carbonyl (C=O) groups excluding carboxylic acids is 1. The first-order valence-electron chi connectivity index (χ1n) is 9.04. The minimum atomic E-state index is -3.65. The van der Waals surface area contributed by atoms with Crippen LogP contribution in [0.2, 0.25) is 0 Å². The third-order valence-electron chi connectivity index (χ3n) is 5.15. The lowest BCUT2D eigenvalue weighted by atomic mass is 9.91. The monoisotopic (exact) mass is 434 g/mol. The molecule has 3 aliphatic heterocycles. The van der Waals surface area contributed by atoms with Crippen LogP contribution in [0.4, 0.5) is 10.9 Å². The number of hydrogen-bond donors (Lipinski definition) is 1. The predicted octanol–water partition coefficient (Wildman–Crippen LogP) is 0.499. The Hall–Kier alpha value is -2.64. The van der Waals surface area contributed by atoms with Crippen molar-refractivity contribution in [2.45, 2.75) is 36.6 Å². The van der Waals surface area contributed by atoms with Crippen LogP contribution in [0.3, 0.4) is 0 Å². The van der Waals surface area contributed by atoms with Crippen LogP contribution >= 0.6 is 11.3 Å². The van der Waals surface area contributed by atoms with E-state index in [2.05, 4.69) is 30.5 Å². The van der Waals surface area contributed by atoms with Gasteiger partial charge in [0.1, 0.15) is 5.82 Å². The summed E-state index contributed by atoms with van der Waals surface area (Å²) in [5.74, 6) is 1.19. The average Bonchev–Trinajstić information content (AvgIpc) is 3.28. The van der Waals surface area contributed by atoms with Gasteiger partial charge in [-0.05, 0) is 25.5 Å². The normalized spacial score (nSPS) is 21.9. The fraction of sp³-hybridized carbons (Fsp3) is 0.438. The molecule has 3 fully saturated rings. The number of anilines is 2. The Morgan fingerprint density at radius 2 is 2.00 bits per heavy atom. The molecule has 11 nitrogen and oxygen atoms in total. The lowest BCUT2D eigenvalue weighted by Crippen LogP contribution is -2.70. The third kappa shape index (κ3) is 2.96. The van der Waals surface area contributed by atoms with Crippen molar-refractivity contribution >= 4 is 43.9 Å². The first-order chi connectivity index (χ1) is 13.8. The summed E-state index contributed by atoms with van der Waals surface area (Å²) < 4.78 is 29.6. The second kappa shape index (κ2) is 6.43. The molecule has 2 bridgehead atoms. The quantitative estimate of drug-likeness (QED) is 0.629. The first-order valence-corrected chi connectivity index (χ1v) is 11.3. The van der Waals surface area contributed by atoms with Crippen molar-refractivity contribution in [1.82, 2.24) is 29.1 Å². The van der Waals surface area contributed by atoms with Gasteiger partial charge in [0.2, 0.25) is 5.91 Å². The van der Waals surface area contributed by atoms with Gasteiger partial charge in [0.05, 0.1) is 6.20 Å². The molecule has 29 heavy (non-hydrogen) atoms. The number of amides is 1. The van der Waals surface area contributed by atoms with Gasteiger partial charge in [-0.1, -0.05) is 11.3 Å². The van der Waals surface area contributed by atoms with Gasteiger partial charge in [0.15, 0.2) is 20.8 Å². The number of hydrogen-bond acceptors (Lipinski definition) is 9. The third-order valence-corrected chi connectivity index (χ3v) is 8.51. The number of piperazine rings is 1. The van der Waals surface area contributed by atoms with Gasteiger partial charge in [-0.25, -0.2) is 13.4 Å². The fourth-order valence-corrected chi connectivity index (χ4v) is 6.90. The molecule has 2 atom stereocenters. The maximum Gasteiger partial charge on any atom is 0.254 e. The molecule has 1 amide bonds. The second-order valence-electron chi connectivity index (χ2n) is 7.16. The van der Waals surface area contributed by atoms with Gasteiger partial charge in [0.25, 0.3) is 10.0 Å². The number of aryl methyl sites for hydroxylation is 1. The van der Waals surface area contributed by atoms with Crippen LogP contribution in [-0.2, 0) is 14.8 Å². The number of thiazole rings is 1. The lowest BCUT2D eigenvalue weighted by molar-refractivity contribution is -0.114. The maximum absolute atomic E-state index is 13.1. The van der Waals surface area contributed by atoms with E-state index in [1.54, 1.807) is 8.82 Å². The van der Waals surface area contributed by atoms with Crippen molar-refractivity contribution in [3.63, 3.8) is 0 Å². The molecule has 3 aromatic rings. The fourth-order valence-electron chi connectivity index (χ4n) is 3.90. The first kappa shape index (κ1) is 18.4. The summed E-state index contributed by atoms with van der Waals surface area (Å²) in [6.45, 7) is 4.32. The van der Waals surface area contributed by atoms with E-state index in [0.29, 0.717) is 24.6 Å². The van der Waals surface area contributed by atoms with Crippen LogP contribution in [0.5, 0.6) is 0 Å². The summed E-state index contributed by atoms with van der Waals surface area (Å²) in [5, 5.41) is 15.5. The zero-order chi connectivity index (χ0) is 20.3. The number of piperidine rings is 1. The topological polar surface area (TPSA) is 126 Å². The molecular weight excluding hydrogens is 416 g/mol. The van der Waals surface area contributed by atoms with Crippen LogP contribution in [-0.4, -0.2) is 68.6 Å². The molecule has 0 saturated carbocycles. The highest BCUT2D eigenvalue weighted by molar-refractivity contribution is 7.91. The van der Waals surface area contributed by atoms with Crippen molar-refractivity contribution in [3.8, 4) is 0 Å². The summed E-state index contributed by atoms with van der Waals surface area (Å²) >= 11 is 0.970. The van der Waals surface area contributed by atoms with E-state index in [9.17, 15) is 13.2 Å². The number of rotatable bonds is 4. The van der Waals surface area contributed by atoms with Crippen LogP contribution in [0.1, 0.15) is 19.2 Å². The Morgan fingerprint density at radius 3 is 2.72 bits per heavy atom. The van der Waals surface area contributed by atoms with E-state index < -0.39 is 10.0 Å². The molecule has 3 aromatic heterocycles. The molecule has 3 aliphatic rings. The van der Waals surface area contributed by atoms with Crippen LogP contribution in [0, 0.1) is 6.92 Å². The van der Waals surface area contributed by atoms with E-state index >= 15 is 0 Å². The molecule has 0 radical (unpaired) electrons. The van der Waals surface area contributed by atoms with Gasteiger partial charge < -0.3 is 10.2 Å². The molecule has 0 aromatic carbocycles. The summed E-state index contributed by atoms with van der Waals surface area (Å²) in [4.78, 5) is 17.3. The number of carbonyl (C=O) groups is 1. The molecule has 1 N–H and O–H groups in total. The van der Waals surface area contributed by atoms with E-state index in [1.807, 2.05) is 19.1 Å². The van der Waals surface area contributed by atoms with Crippen molar-refractivity contribution in [2.24, 2.45) is 0 Å². The SMILES string of the molecule is CC(=O)Nc1ncc(S(=O)(=O)N2C3CC2CN(c2ccc4nnc(C)n4n2)C3)s1. The van der Waals surface area contributed by atoms with E-state index in [-0.39, 0.29) is 27.3 Å². The standard InChI is InChI=1S/C16H18N8O3S2/c1-9-19-20-13-3-4-14(21-23(9)13)22-7-11-5-12(8-22)24(11)29(26,27)15-6-17-16(28-15)18-10(2)25/h3-4,6,11-12H,5,7-8H2,1-2H3,(H,17,18,25). The Labute approximate surface area is 170 Å². The van der Waals surface area contributed by atoms with Crippen molar-refractivity contribution in [2.75, 3.05) is 23.3 Å². The summed E-state index contributed by atoms with van der Waals surface area (Å²) in [6, 6.07) is 3.50. The number of nitrogens with one attached hydrogen (secondary N) is 1. The highest BCUT2D eigenvalue weighted by Crippen LogP contribution is 2.40. The van der Waals surface area contributed by atoms with Gasteiger partial charge in [-0.15, -0.1) is 15.3 Å². The Balaban J connectivity index is 1.36. The summed E-state index contributed by atoms with van der Waals surface area (Å²) in [6.07, 6.45) is 2.13. The molecule has 3 saturated heterocycles. The minimum Gasteiger partial charge on any atom is -0.352 e. The number of fused-ring (bicyclic) bond motifs is 3. The predicted molar refractivity (Wildman–Crippen MR) is 105 cm³/mol. The molecule has 0 spiro atoms. The Kier molecular flexibility index (Phi) is 4.08. The van der Waals surface area contributed by atoms with Gasteiger partial charge in [-0.2, -0.15) is 8.82 Å². The number of nitrogens with zero attached hydrogens (tertiary/aromatic N) is 7. The molecule has 0 aliphatic carbocycles. The Morgan fingerprint density at radius 1 is 1.24 bits per heavy atom.